The number of methoxy groups -OCH3 is 1. The molecule has 2 aliphatic rings. The zero-order valence-electron chi connectivity index (χ0n) is 9.89. The SMILES string of the molecule is COc1nc(I)cc(N2CC3CC2CO3)n1.S.S. The Labute approximate surface area is 134 Å². The summed E-state index contributed by atoms with van der Waals surface area (Å²) in [5.41, 5.74) is 0. The normalized spacial score (nSPS) is 24.4. The van der Waals surface area contributed by atoms with Crippen LogP contribution in [0.5, 0.6) is 6.01 Å². The van der Waals surface area contributed by atoms with Crippen molar-refractivity contribution in [2.45, 2.75) is 18.6 Å². The molecule has 2 fully saturated rings. The Morgan fingerprint density at radius 2 is 2.22 bits per heavy atom. The Kier molecular flexibility index (Phi) is 5.81. The third-order valence-corrected chi connectivity index (χ3v) is 3.59. The number of fused-ring (bicyclic) bond motifs is 2. The van der Waals surface area contributed by atoms with Gasteiger partial charge >= 0.3 is 6.01 Å². The molecule has 0 N–H and O–H groups in total. The quantitative estimate of drug-likeness (QED) is 0.552. The molecule has 2 atom stereocenters. The monoisotopic (exact) mass is 401 g/mol. The van der Waals surface area contributed by atoms with Crippen molar-refractivity contribution in [3.8, 4) is 6.01 Å². The lowest BCUT2D eigenvalue weighted by molar-refractivity contribution is 0.0988. The minimum Gasteiger partial charge on any atom is -0.467 e. The highest BCUT2D eigenvalue weighted by Crippen LogP contribution is 2.32. The van der Waals surface area contributed by atoms with Gasteiger partial charge in [0.1, 0.15) is 9.52 Å². The fraction of sp³-hybridized carbons (Fsp3) is 0.600. The number of hydrogen-bond donors (Lipinski definition) is 0. The third kappa shape index (κ3) is 2.97. The van der Waals surface area contributed by atoms with Crippen LogP contribution in [-0.4, -0.2) is 42.4 Å². The van der Waals surface area contributed by atoms with Crippen molar-refractivity contribution < 1.29 is 9.47 Å². The summed E-state index contributed by atoms with van der Waals surface area (Å²) in [6.45, 7) is 1.74. The van der Waals surface area contributed by atoms with Crippen molar-refractivity contribution in [1.82, 2.24) is 9.97 Å². The summed E-state index contributed by atoms with van der Waals surface area (Å²) in [6, 6.07) is 2.90. The van der Waals surface area contributed by atoms with E-state index in [-0.39, 0.29) is 27.0 Å². The highest BCUT2D eigenvalue weighted by molar-refractivity contribution is 14.1. The van der Waals surface area contributed by atoms with E-state index in [0.29, 0.717) is 18.2 Å². The van der Waals surface area contributed by atoms with Crippen LogP contribution in [0, 0.1) is 3.70 Å². The van der Waals surface area contributed by atoms with Gasteiger partial charge in [0.15, 0.2) is 0 Å². The molecule has 3 heterocycles. The molecule has 2 aliphatic heterocycles. The Hall–Kier alpha value is 0.0700. The largest absolute Gasteiger partial charge is 0.467 e. The van der Waals surface area contributed by atoms with E-state index in [1.54, 1.807) is 7.11 Å². The molecule has 2 bridgehead atoms. The van der Waals surface area contributed by atoms with Crippen LogP contribution in [0.2, 0.25) is 0 Å². The molecule has 1 aromatic heterocycles. The van der Waals surface area contributed by atoms with Gasteiger partial charge < -0.3 is 14.4 Å². The maximum atomic E-state index is 5.57. The van der Waals surface area contributed by atoms with E-state index >= 15 is 0 Å². The number of hydrogen-bond acceptors (Lipinski definition) is 5. The Morgan fingerprint density at radius 1 is 1.44 bits per heavy atom. The van der Waals surface area contributed by atoms with E-state index in [1.807, 2.05) is 6.07 Å². The summed E-state index contributed by atoms with van der Waals surface area (Å²) in [5.74, 6) is 0.951. The van der Waals surface area contributed by atoms with Gasteiger partial charge in [-0.05, 0) is 29.0 Å². The highest BCUT2D eigenvalue weighted by Gasteiger charge is 2.39. The summed E-state index contributed by atoms with van der Waals surface area (Å²) in [6.07, 6.45) is 1.49. The third-order valence-electron chi connectivity index (χ3n) is 3.04. The van der Waals surface area contributed by atoms with Gasteiger partial charge in [0, 0.05) is 12.6 Å². The summed E-state index contributed by atoms with van der Waals surface area (Å²) >= 11 is 2.18. The van der Waals surface area contributed by atoms with Crippen molar-refractivity contribution in [2.24, 2.45) is 0 Å². The standard InChI is InChI=1S/C10H12IN3O2.2H2S/c1-15-10-12-8(11)3-9(13-10)14-4-7-2-6(14)5-16-7;;/h3,6-7H,2,4-5H2,1H3;2*1H2. The molecule has 18 heavy (non-hydrogen) atoms. The molecule has 102 valence electrons. The predicted octanol–water partition coefficient (Wildman–Crippen LogP) is 1.29. The minimum absolute atomic E-state index is 0. The fourth-order valence-electron chi connectivity index (χ4n) is 2.30. The molecular formula is C10H16IN3O2S2. The van der Waals surface area contributed by atoms with Crippen LogP contribution < -0.4 is 9.64 Å². The molecular weight excluding hydrogens is 385 g/mol. The maximum Gasteiger partial charge on any atom is 0.319 e. The number of aromatic nitrogens is 2. The van der Waals surface area contributed by atoms with Crippen molar-refractivity contribution in [2.75, 3.05) is 25.2 Å². The van der Waals surface area contributed by atoms with Crippen molar-refractivity contribution >= 4 is 55.4 Å². The van der Waals surface area contributed by atoms with E-state index in [0.717, 1.165) is 29.1 Å². The van der Waals surface area contributed by atoms with E-state index in [4.69, 9.17) is 9.47 Å². The molecule has 0 saturated carbocycles. The molecule has 0 amide bonds. The lowest BCUT2D eigenvalue weighted by Gasteiger charge is -2.27. The van der Waals surface area contributed by atoms with Crippen LogP contribution in [0.3, 0.4) is 0 Å². The minimum atomic E-state index is 0. The van der Waals surface area contributed by atoms with E-state index in [9.17, 15) is 0 Å². The number of nitrogens with zero attached hydrogens (tertiary/aromatic N) is 3. The molecule has 0 aromatic carbocycles. The number of halogens is 1. The summed E-state index contributed by atoms with van der Waals surface area (Å²) < 4.78 is 11.6. The molecule has 0 aliphatic carbocycles. The Bertz CT molecular complexity index is 424. The first-order chi connectivity index (χ1) is 7.76. The summed E-state index contributed by atoms with van der Waals surface area (Å²) in [4.78, 5) is 10.9. The van der Waals surface area contributed by atoms with Gasteiger partial charge in [-0.25, -0.2) is 0 Å². The second kappa shape index (κ2) is 6.49. The molecule has 3 rings (SSSR count). The van der Waals surface area contributed by atoms with Crippen LogP contribution in [-0.2, 0) is 4.74 Å². The first-order valence-electron chi connectivity index (χ1n) is 5.23. The van der Waals surface area contributed by atoms with Gasteiger partial charge in [-0.2, -0.15) is 37.0 Å². The second-order valence-electron chi connectivity index (χ2n) is 4.03. The van der Waals surface area contributed by atoms with Gasteiger partial charge in [-0.15, -0.1) is 0 Å². The van der Waals surface area contributed by atoms with Gasteiger partial charge in [-0.1, -0.05) is 0 Å². The molecule has 1 aromatic rings. The van der Waals surface area contributed by atoms with Crippen molar-refractivity contribution in [1.29, 1.82) is 0 Å². The Balaban J connectivity index is 0.000000810. The molecule has 0 spiro atoms. The number of rotatable bonds is 2. The zero-order valence-corrected chi connectivity index (χ0v) is 14.0. The average Bonchev–Trinajstić information content (AvgIpc) is 2.89. The lowest BCUT2D eigenvalue weighted by atomic mass is 10.2. The average molecular weight is 401 g/mol. The second-order valence-corrected chi connectivity index (χ2v) is 5.14. The molecule has 5 nitrogen and oxygen atoms in total. The van der Waals surface area contributed by atoms with Crippen LogP contribution in [0.4, 0.5) is 5.82 Å². The highest BCUT2D eigenvalue weighted by atomic mass is 127. The fourth-order valence-corrected chi connectivity index (χ4v) is 2.79. The zero-order chi connectivity index (χ0) is 11.1. The van der Waals surface area contributed by atoms with Gasteiger partial charge in [-0.3, -0.25) is 0 Å². The van der Waals surface area contributed by atoms with Crippen LogP contribution >= 0.6 is 49.6 Å². The van der Waals surface area contributed by atoms with Gasteiger partial charge in [0.2, 0.25) is 0 Å². The number of ether oxygens (including phenoxy) is 2. The Morgan fingerprint density at radius 3 is 2.78 bits per heavy atom. The number of anilines is 1. The summed E-state index contributed by atoms with van der Waals surface area (Å²) in [5, 5.41) is 0. The molecule has 2 saturated heterocycles. The van der Waals surface area contributed by atoms with Crippen LogP contribution in [0.25, 0.3) is 0 Å². The van der Waals surface area contributed by atoms with E-state index in [1.165, 1.54) is 0 Å². The van der Waals surface area contributed by atoms with Gasteiger partial charge in [0.25, 0.3) is 0 Å². The molecule has 0 radical (unpaired) electrons. The summed E-state index contributed by atoms with van der Waals surface area (Å²) in [7, 11) is 1.59. The van der Waals surface area contributed by atoms with Crippen molar-refractivity contribution in [3.05, 3.63) is 9.77 Å². The predicted molar refractivity (Wildman–Crippen MR) is 87.6 cm³/mol. The smallest absolute Gasteiger partial charge is 0.319 e. The van der Waals surface area contributed by atoms with Gasteiger partial charge in [0.05, 0.1) is 25.9 Å². The van der Waals surface area contributed by atoms with E-state index in [2.05, 4.69) is 37.5 Å². The lowest BCUT2D eigenvalue weighted by Crippen LogP contribution is -2.37. The van der Waals surface area contributed by atoms with Crippen molar-refractivity contribution in [3.63, 3.8) is 0 Å². The van der Waals surface area contributed by atoms with Crippen LogP contribution in [0.1, 0.15) is 6.42 Å². The maximum absolute atomic E-state index is 5.57. The first kappa shape index (κ1) is 16.1. The topological polar surface area (TPSA) is 47.5 Å². The first-order valence-corrected chi connectivity index (χ1v) is 6.31. The molecule has 8 heteroatoms. The van der Waals surface area contributed by atoms with Crippen LogP contribution in [0.15, 0.2) is 6.07 Å². The molecule has 2 unspecified atom stereocenters. The number of morpholine rings is 1. The van der Waals surface area contributed by atoms with E-state index < -0.39 is 0 Å².